The summed E-state index contributed by atoms with van der Waals surface area (Å²) in [5.74, 6) is 3.10. The van der Waals surface area contributed by atoms with Crippen LogP contribution in [0.3, 0.4) is 0 Å². The van der Waals surface area contributed by atoms with E-state index in [9.17, 15) is 0 Å². The van der Waals surface area contributed by atoms with Crippen molar-refractivity contribution in [2.24, 2.45) is 11.8 Å². The van der Waals surface area contributed by atoms with E-state index in [-0.39, 0.29) is 0 Å². The Hall–Kier alpha value is 0.350. The maximum Gasteiger partial charge on any atom is -0.000968 e. The monoisotopic (exact) mass is 188 g/mol. The van der Waals surface area contributed by atoms with Gasteiger partial charge in [0.25, 0.3) is 0 Å². The summed E-state index contributed by atoms with van der Waals surface area (Å²) >= 11 is 2.08. The number of rotatable bonds is 6. The van der Waals surface area contributed by atoms with Crippen LogP contribution in [0.4, 0.5) is 0 Å². The molecule has 0 aromatic carbocycles. The van der Waals surface area contributed by atoms with Crippen LogP contribution in [0, 0.1) is 11.8 Å². The average molecular weight is 188 g/mol. The molecule has 0 rings (SSSR count). The lowest BCUT2D eigenvalue weighted by molar-refractivity contribution is 0.390. The Bertz CT molecular complexity index is 97.2. The van der Waals surface area contributed by atoms with E-state index < -0.39 is 0 Å². The summed E-state index contributed by atoms with van der Waals surface area (Å²) in [6.45, 7) is 11.6. The zero-order valence-electron chi connectivity index (χ0n) is 9.26. The van der Waals surface area contributed by atoms with Crippen LogP contribution in [0.15, 0.2) is 0 Å². The predicted octanol–water partition coefficient (Wildman–Crippen LogP) is 4.20. The van der Waals surface area contributed by atoms with Crippen LogP contribution < -0.4 is 0 Å². The third-order valence-corrected chi connectivity index (χ3v) is 3.58. The molecule has 0 saturated heterocycles. The molecular weight excluding hydrogens is 164 g/mol. The molecule has 0 saturated carbocycles. The molecule has 0 bridgehead atoms. The summed E-state index contributed by atoms with van der Waals surface area (Å²) in [4.78, 5) is 0. The molecule has 0 aliphatic carbocycles. The van der Waals surface area contributed by atoms with Gasteiger partial charge in [-0.15, -0.1) is 0 Å². The smallest absolute Gasteiger partial charge is 0.000968 e. The standard InChI is InChI=1S/C11H24S/c1-9(2)11(5)7-6-8-12-10(3)4/h9-11H,6-8H2,1-5H3/t11-/m1/s1. The first-order chi connectivity index (χ1) is 5.54. The summed E-state index contributed by atoms with van der Waals surface area (Å²) in [7, 11) is 0. The fourth-order valence-corrected chi connectivity index (χ4v) is 1.86. The number of hydrogen-bond acceptors (Lipinski definition) is 1. The largest absolute Gasteiger partial charge is 0.159 e. The van der Waals surface area contributed by atoms with E-state index in [1.165, 1.54) is 18.6 Å². The molecule has 0 aliphatic heterocycles. The second-order valence-corrected chi connectivity index (χ2v) is 5.97. The molecule has 0 aromatic heterocycles. The molecule has 0 aromatic rings. The van der Waals surface area contributed by atoms with Crippen LogP contribution in [-0.4, -0.2) is 11.0 Å². The molecular formula is C11H24S. The van der Waals surface area contributed by atoms with Crippen molar-refractivity contribution >= 4 is 11.8 Å². The third kappa shape index (κ3) is 7.02. The topological polar surface area (TPSA) is 0 Å². The Morgan fingerprint density at radius 2 is 1.58 bits per heavy atom. The zero-order chi connectivity index (χ0) is 9.56. The molecule has 12 heavy (non-hydrogen) atoms. The second-order valence-electron chi connectivity index (χ2n) is 4.28. The first-order valence-electron chi connectivity index (χ1n) is 5.15. The highest BCUT2D eigenvalue weighted by atomic mass is 32.2. The van der Waals surface area contributed by atoms with E-state index in [4.69, 9.17) is 0 Å². The maximum absolute atomic E-state index is 2.37. The van der Waals surface area contributed by atoms with Crippen molar-refractivity contribution in [1.29, 1.82) is 0 Å². The fourth-order valence-electron chi connectivity index (χ4n) is 1.06. The second kappa shape index (κ2) is 6.82. The van der Waals surface area contributed by atoms with E-state index >= 15 is 0 Å². The highest BCUT2D eigenvalue weighted by Gasteiger charge is 2.06. The minimum absolute atomic E-state index is 0.805. The first-order valence-corrected chi connectivity index (χ1v) is 6.20. The van der Waals surface area contributed by atoms with Gasteiger partial charge >= 0.3 is 0 Å². The van der Waals surface area contributed by atoms with Crippen molar-refractivity contribution in [3.8, 4) is 0 Å². The van der Waals surface area contributed by atoms with Crippen LogP contribution in [0.1, 0.15) is 47.5 Å². The van der Waals surface area contributed by atoms with Gasteiger partial charge in [0.1, 0.15) is 0 Å². The van der Waals surface area contributed by atoms with Gasteiger partial charge in [-0.05, 0) is 35.7 Å². The lowest BCUT2D eigenvalue weighted by Gasteiger charge is -2.15. The molecule has 0 nitrogen and oxygen atoms in total. The Balaban J connectivity index is 3.20. The van der Waals surface area contributed by atoms with Gasteiger partial charge in [-0.25, -0.2) is 0 Å². The van der Waals surface area contributed by atoms with E-state index in [1.807, 2.05) is 0 Å². The average Bonchev–Trinajstić information content (AvgIpc) is 1.97. The summed E-state index contributed by atoms with van der Waals surface area (Å²) in [6.07, 6.45) is 2.79. The van der Waals surface area contributed by atoms with Gasteiger partial charge in [-0.2, -0.15) is 11.8 Å². The predicted molar refractivity (Wildman–Crippen MR) is 60.8 cm³/mol. The Morgan fingerprint density at radius 3 is 2.00 bits per heavy atom. The molecule has 1 atom stereocenters. The van der Waals surface area contributed by atoms with Crippen molar-refractivity contribution < 1.29 is 0 Å². The van der Waals surface area contributed by atoms with Gasteiger partial charge in [0, 0.05) is 0 Å². The van der Waals surface area contributed by atoms with E-state index in [2.05, 4.69) is 46.4 Å². The van der Waals surface area contributed by atoms with Crippen molar-refractivity contribution in [3.05, 3.63) is 0 Å². The first kappa shape index (κ1) is 12.3. The van der Waals surface area contributed by atoms with Crippen LogP contribution in [0.2, 0.25) is 0 Å². The van der Waals surface area contributed by atoms with Crippen molar-refractivity contribution in [2.45, 2.75) is 52.7 Å². The van der Waals surface area contributed by atoms with Crippen LogP contribution in [0.25, 0.3) is 0 Å². The number of thioether (sulfide) groups is 1. The molecule has 0 amide bonds. The molecule has 0 aliphatic rings. The Kier molecular flexibility index (Phi) is 7.02. The summed E-state index contributed by atoms with van der Waals surface area (Å²) in [5.41, 5.74) is 0. The lowest BCUT2D eigenvalue weighted by atomic mass is 9.94. The van der Waals surface area contributed by atoms with Crippen LogP contribution in [-0.2, 0) is 0 Å². The van der Waals surface area contributed by atoms with E-state index in [0.29, 0.717) is 0 Å². The Morgan fingerprint density at radius 1 is 1.00 bits per heavy atom. The molecule has 0 unspecified atom stereocenters. The third-order valence-electron chi connectivity index (χ3n) is 2.39. The molecule has 74 valence electrons. The zero-order valence-corrected chi connectivity index (χ0v) is 10.1. The molecule has 0 N–H and O–H groups in total. The highest BCUT2D eigenvalue weighted by molar-refractivity contribution is 7.99. The maximum atomic E-state index is 2.37. The van der Waals surface area contributed by atoms with Crippen molar-refractivity contribution in [3.63, 3.8) is 0 Å². The molecule has 1 heteroatoms. The van der Waals surface area contributed by atoms with Crippen molar-refractivity contribution in [1.82, 2.24) is 0 Å². The van der Waals surface area contributed by atoms with Gasteiger partial charge in [-0.1, -0.05) is 34.6 Å². The van der Waals surface area contributed by atoms with E-state index in [1.54, 1.807) is 0 Å². The van der Waals surface area contributed by atoms with Gasteiger partial charge < -0.3 is 0 Å². The Labute approximate surface area is 82.5 Å². The lowest BCUT2D eigenvalue weighted by Crippen LogP contribution is -2.04. The van der Waals surface area contributed by atoms with Gasteiger partial charge in [0.2, 0.25) is 0 Å². The fraction of sp³-hybridized carbons (Fsp3) is 1.00. The summed E-state index contributed by atoms with van der Waals surface area (Å²) in [5, 5.41) is 0.805. The van der Waals surface area contributed by atoms with Gasteiger partial charge in [-0.3, -0.25) is 0 Å². The quantitative estimate of drug-likeness (QED) is 0.563. The normalized spacial score (nSPS) is 14.2. The van der Waals surface area contributed by atoms with Gasteiger partial charge in [0.15, 0.2) is 0 Å². The summed E-state index contributed by atoms with van der Waals surface area (Å²) < 4.78 is 0. The molecule has 0 heterocycles. The van der Waals surface area contributed by atoms with E-state index in [0.717, 1.165) is 17.1 Å². The minimum atomic E-state index is 0.805. The van der Waals surface area contributed by atoms with Crippen LogP contribution in [0.5, 0.6) is 0 Å². The minimum Gasteiger partial charge on any atom is -0.159 e. The molecule has 0 radical (unpaired) electrons. The molecule has 0 spiro atoms. The van der Waals surface area contributed by atoms with Crippen molar-refractivity contribution in [2.75, 3.05) is 5.75 Å². The molecule has 0 fully saturated rings. The van der Waals surface area contributed by atoms with Gasteiger partial charge in [0.05, 0.1) is 0 Å². The van der Waals surface area contributed by atoms with Crippen LogP contribution >= 0.6 is 11.8 Å². The summed E-state index contributed by atoms with van der Waals surface area (Å²) in [6, 6.07) is 0. The number of hydrogen-bond donors (Lipinski definition) is 0. The highest BCUT2D eigenvalue weighted by Crippen LogP contribution is 2.19. The SMILES string of the molecule is CC(C)SCCC[C@@H](C)C(C)C.